The molecule has 0 bridgehead atoms. The van der Waals surface area contributed by atoms with E-state index in [-0.39, 0.29) is 6.54 Å². The van der Waals surface area contributed by atoms with Gasteiger partial charge in [-0.15, -0.1) is 0 Å². The second-order valence-electron chi connectivity index (χ2n) is 5.59. The summed E-state index contributed by atoms with van der Waals surface area (Å²) in [5.41, 5.74) is 1.37. The van der Waals surface area contributed by atoms with Gasteiger partial charge in [0.2, 0.25) is 6.41 Å². The molecule has 0 atom stereocenters. The Morgan fingerprint density at radius 1 is 1.16 bits per heavy atom. The molecule has 0 aliphatic carbocycles. The lowest BCUT2D eigenvalue weighted by Gasteiger charge is -2.19. The second-order valence-corrected chi connectivity index (χ2v) is 5.59. The summed E-state index contributed by atoms with van der Waals surface area (Å²) in [6, 6.07) is 10.3. The lowest BCUT2D eigenvalue weighted by atomic mass is 10.1. The van der Waals surface area contributed by atoms with Crippen molar-refractivity contribution in [2.45, 2.75) is 26.1 Å². The van der Waals surface area contributed by atoms with Crippen LogP contribution >= 0.6 is 0 Å². The fourth-order valence-corrected chi connectivity index (χ4v) is 2.73. The van der Waals surface area contributed by atoms with Crippen LogP contribution in [0.25, 0.3) is 5.65 Å². The number of carbonyl (C=O) groups is 1. The van der Waals surface area contributed by atoms with Gasteiger partial charge in [0.15, 0.2) is 0 Å². The number of hydrogen-bond acceptors (Lipinski definition) is 2. The number of alkyl halides is 3. The largest absolute Gasteiger partial charge is 0.416 e. The van der Waals surface area contributed by atoms with Crippen molar-refractivity contribution in [1.29, 1.82) is 0 Å². The Morgan fingerprint density at radius 2 is 1.88 bits per heavy atom. The van der Waals surface area contributed by atoms with E-state index in [0.29, 0.717) is 29.9 Å². The lowest BCUT2D eigenvalue weighted by Crippen LogP contribution is -2.23. The highest BCUT2D eigenvalue weighted by Crippen LogP contribution is 2.30. The maximum atomic E-state index is 12.7. The maximum Gasteiger partial charge on any atom is 0.416 e. The van der Waals surface area contributed by atoms with E-state index >= 15 is 0 Å². The molecular formula is C18H16F3N3O. The molecule has 3 aromatic rings. The molecule has 25 heavy (non-hydrogen) atoms. The molecular weight excluding hydrogens is 331 g/mol. The van der Waals surface area contributed by atoms with Crippen LogP contribution < -0.4 is 4.90 Å². The Kier molecular flexibility index (Phi) is 4.48. The first-order chi connectivity index (χ1) is 11.9. The minimum absolute atomic E-state index is 0.164. The quantitative estimate of drug-likeness (QED) is 0.652. The zero-order valence-corrected chi connectivity index (χ0v) is 13.5. The number of rotatable bonds is 5. The third-order valence-electron chi connectivity index (χ3n) is 3.94. The van der Waals surface area contributed by atoms with Gasteiger partial charge in [0.25, 0.3) is 0 Å². The van der Waals surface area contributed by atoms with Crippen molar-refractivity contribution in [3.8, 4) is 0 Å². The van der Waals surface area contributed by atoms with E-state index in [1.54, 1.807) is 10.6 Å². The fourth-order valence-electron chi connectivity index (χ4n) is 2.73. The van der Waals surface area contributed by atoms with E-state index in [9.17, 15) is 18.0 Å². The highest BCUT2D eigenvalue weighted by molar-refractivity contribution is 5.76. The summed E-state index contributed by atoms with van der Waals surface area (Å²) in [6.45, 7) is 2.10. The third-order valence-corrected chi connectivity index (χ3v) is 3.94. The summed E-state index contributed by atoms with van der Waals surface area (Å²) >= 11 is 0. The predicted octanol–water partition coefficient (Wildman–Crippen LogP) is 4.08. The molecule has 0 aliphatic rings. The summed E-state index contributed by atoms with van der Waals surface area (Å²) < 4.78 is 39.8. The van der Waals surface area contributed by atoms with Crippen LogP contribution in [0.1, 0.15) is 23.7 Å². The number of fused-ring (bicyclic) bond motifs is 1. The molecule has 1 amide bonds. The number of imidazole rings is 1. The van der Waals surface area contributed by atoms with Gasteiger partial charge in [-0.3, -0.25) is 14.1 Å². The first-order valence-corrected chi connectivity index (χ1v) is 7.78. The summed E-state index contributed by atoms with van der Waals surface area (Å²) in [4.78, 5) is 17.6. The Morgan fingerprint density at radius 3 is 2.48 bits per heavy atom. The van der Waals surface area contributed by atoms with Crippen molar-refractivity contribution in [1.82, 2.24) is 9.38 Å². The van der Waals surface area contributed by atoms with Crippen LogP contribution in [-0.2, 0) is 23.9 Å². The minimum Gasteiger partial charge on any atom is -0.295 e. The molecule has 0 spiro atoms. The van der Waals surface area contributed by atoms with Crippen molar-refractivity contribution >= 4 is 17.9 Å². The van der Waals surface area contributed by atoms with E-state index in [1.807, 2.05) is 25.1 Å². The van der Waals surface area contributed by atoms with Gasteiger partial charge in [-0.2, -0.15) is 13.2 Å². The van der Waals surface area contributed by atoms with Gasteiger partial charge in [0.05, 0.1) is 17.8 Å². The topological polar surface area (TPSA) is 37.6 Å². The van der Waals surface area contributed by atoms with Crippen LogP contribution in [0.5, 0.6) is 0 Å². The highest BCUT2D eigenvalue weighted by atomic mass is 19.4. The number of benzene rings is 1. The van der Waals surface area contributed by atoms with Gasteiger partial charge in [0.1, 0.15) is 11.5 Å². The number of carbonyl (C=O) groups excluding carboxylic acids is 1. The van der Waals surface area contributed by atoms with Crippen molar-refractivity contribution in [2.75, 3.05) is 4.90 Å². The number of pyridine rings is 1. The van der Waals surface area contributed by atoms with Gasteiger partial charge in [-0.05, 0) is 36.2 Å². The van der Waals surface area contributed by atoms with Crippen LogP contribution in [0, 0.1) is 0 Å². The number of hydrogen-bond donors (Lipinski definition) is 0. The lowest BCUT2D eigenvalue weighted by molar-refractivity contribution is -0.137. The zero-order chi connectivity index (χ0) is 18.0. The van der Waals surface area contributed by atoms with Crippen LogP contribution in [0.2, 0.25) is 0 Å². The normalized spacial score (nSPS) is 11.7. The smallest absolute Gasteiger partial charge is 0.295 e. The van der Waals surface area contributed by atoms with Gasteiger partial charge in [-0.25, -0.2) is 4.98 Å². The van der Waals surface area contributed by atoms with Crippen molar-refractivity contribution < 1.29 is 18.0 Å². The molecule has 4 nitrogen and oxygen atoms in total. The number of aryl methyl sites for hydroxylation is 1. The Balaban J connectivity index is 1.95. The van der Waals surface area contributed by atoms with Gasteiger partial charge < -0.3 is 0 Å². The van der Waals surface area contributed by atoms with Gasteiger partial charge in [0, 0.05) is 6.20 Å². The molecule has 0 radical (unpaired) electrons. The van der Waals surface area contributed by atoms with Crippen molar-refractivity contribution in [2.24, 2.45) is 0 Å². The molecule has 0 aliphatic heterocycles. The molecule has 0 unspecified atom stereocenters. The molecule has 2 aromatic heterocycles. The average Bonchev–Trinajstić information content (AvgIpc) is 2.98. The summed E-state index contributed by atoms with van der Waals surface area (Å²) in [6.07, 6.45) is -1.26. The molecule has 1 aromatic carbocycles. The standard InChI is InChI=1S/C18H16F3N3O/c1-2-15-17(24-10-4-3-5-16(24)22-15)23(12-25)11-13-6-8-14(9-7-13)18(19,20)21/h3-10,12H,2,11H2,1H3. The van der Waals surface area contributed by atoms with Gasteiger partial charge >= 0.3 is 6.18 Å². The first kappa shape index (κ1) is 17.0. The summed E-state index contributed by atoms with van der Waals surface area (Å²) in [7, 11) is 0. The maximum absolute atomic E-state index is 12.7. The van der Waals surface area contributed by atoms with E-state index in [2.05, 4.69) is 4.98 Å². The molecule has 0 N–H and O–H groups in total. The van der Waals surface area contributed by atoms with E-state index in [0.717, 1.165) is 17.8 Å². The predicted molar refractivity (Wildman–Crippen MR) is 88.3 cm³/mol. The highest BCUT2D eigenvalue weighted by Gasteiger charge is 2.30. The molecule has 0 saturated heterocycles. The van der Waals surface area contributed by atoms with Gasteiger partial charge in [-0.1, -0.05) is 25.1 Å². The fraction of sp³-hybridized carbons (Fsp3) is 0.222. The molecule has 130 valence electrons. The van der Waals surface area contributed by atoms with Crippen LogP contribution in [0.3, 0.4) is 0 Å². The third kappa shape index (κ3) is 3.35. The van der Waals surface area contributed by atoms with E-state index < -0.39 is 11.7 Å². The van der Waals surface area contributed by atoms with Crippen molar-refractivity contribution in [3.05, 3.63) is 65.5 Å². The Bertz CT molecular complexity index is 885. The SMILES string of the molecule is CCc1nc2ccccn2c1N(C=O)Cc1ccc(C(F)(F)F)cc1. The zero-order valence-electron chi connectivity index (χ0n) is 13.5. The molecule has 0 fully saturated rings. The van der Waals surface area contributed by atoms with E-state index in [1.165, 1.54) is 17.0 Å². The monoisotopic (exact) mass is 347 g/mol. The van der Waals surface area contributed by atoms with Crippen molar-refractivity contribution in [3.63, 3.8) is 0 Å². The Hall–Kier alpha value is -2.83. The Labute approximate surface area is 142 Å². The number of aromatic nitrogens is 2. The van der Waals surface area contributed by atoms with Crippen LogP contribution in [0.4, 0.5) is 19.0 Å². The summed E-state index contributed by atoms with van der Waals surface area (Å²) in [5, 5.41) is 0. The first-order valence-electron chi connectivity index (χ1n) is 7.78. The molecule has 7 heteroatoms. The number of amides is 1. The molecule has 3 rings (SSSR count). The second kappa shape index (κ2) is 6.58. The minimum atomic E-state index is -4.38. The average molecular weight is 347 g/mol. The molecule has 2 heterocycles. The molecule has 0 saturated carbocycles. The van der Waals surface area contributed by atoms with E-state index in [4.69, 9.17) is 0 Å². The summed E-state index contributed by atoms with van der Waals surface area (Å²) in [5.74, 6) is 0.632. The van der Waals surface area contributed by atoms with Crippen LogP contribution in [-0.4, -0.2) is 15.8 Å². The number of halogens is 3. The number of nitrogens with zero attached hydrogens (tertiary/aromatic N) is 3. The van der Waals surface area contributed by atoms with Crippen LogP contribution in [0.15, 0.2) is 48.7 Å². The number of anilines is 1.